The van der Waals surface area contributed by atoms with E-state index in [1.165, 1.54) is 5.41 Å². The van der Waals surface area contributed by atoms with Gasteiger partial charge >= 0.3 is 0 Å². The molecule has 0 amide bonds. The molecule has 3 rings (SSSR count). The van der Waals surface area contributed by atoms with Crippen LogP contribution in [0.4, 0.5) is 0 Å². The fraction of sp³-hybridized carbons (Fsp3) is 0.176. The highest BCUT2D eigenvalue weighted by Gasteiger charge is 2.28. The molecule has 0 aliphatic carbocycles. The predicted octanol–water partition coefficient (Wildman–Crippen LogP) is 3.51. The van der Waals surface area contributed by atoms with Crippen molar-refractivity contribution < 1.29 is 13.2 Å². The molecule has 21 heavy (non-hydrogen) atoms. The van der Waals surface area contributed by atoms with Crippen LogP contribution in [0.3, 0.4) is 0 Å². The van der Waals surface area contributed by atoms with Gasteiger partial charge in [0.05, 0.1) is 4.90 Å². The fourth-order valence-electron chi connectivity index (χ4n) is 2.57. The standard InChI is InChI=1S/C17H16O3S/c1-12-5-3-7-15(9-12)20-10-14-11-21(18,19)17-13(2)6-4-8-16(14)17/h3-9,11H,10H2,1-2H3. The van der Waals surface area contributed by atoms with E-state index in [1.807, 2.05) is 56.3 Å². The van der Waals surface area contributed by atoms with Gasteiger partial charge in [-0.15, -0.1) is 0 Å². The first-order valence-corrected chi connectivity index (χ1v) is 8.27. The monoisotopic (exact) mass is 300 g/mol. The second kappa shape index (κ2) is 5.04. The van der Waals surface area contributed by atoms with E-state index in [4.69, 9.17) is 4.74 Å². The molecule has 0 fully saturated rings. The minimum Gasteiger partial charge on any atom is -0.489 e. The molecule has 1 heterocycles. The van der Waals surface area contributed by atoms with Gasteiger partial charge in [0.1, 0.15) is 12.4 Å². The Morgan fingerprint density at radius 3 is 2.57 bits per heavy atom. The summed E-state index contributed by atoms with van der Waals surface area (Å²) in [5.41, 5.74) is 3.34. The largest absolute Gasteiger partial charge is 0.489 e. The molecule has 0 aromatic heterocycles. The van der Waals surface area contributed by atoms with Gasteiger partial charge in [-0.05, 0) is 37.1 Å². The van der Waals surface area contributed by atoms with Gasteiger partial charge in [0.2, 0.25) is 9.84 Å². The Hall–Kier alpha value is -2.07. The van der Waals surface area contributed by atoms with Crippen LogP contribution in [0.25, 0.3) is 5.57 Å². The third kappa shape index (κ3) is 2.59. The maximum absolute atomic E-state index is 12.2. The molecule has 0 atom stereocenters. The van der Waals surface area contributed by atoms with E-state index in [9.17, 15) is 8.42 Å². The highest BCUT2D eigenvalue weighted by molar-refractivity contribution is 7.95. The van der Waals surface area contributed by atoms with Crippen LogP contribution in [0.5, 0.6) is 5.75 Å². The van der Waals surface area contributed by atoms with Gasteiger partial charge in [0, 0.05) is 16.5 Å². The average Bonchev–Trinajstić information content (AvgIpc) is 2.69. The van der Waals surface area contributed by atoms with Gasteiger partial charge in [-0.2, -0.15) is 0 Å². The van der Waals surface area contributed by atoms with Crippen molar-refractivity contribution in [2.24, 2.45) is 0 Å². The van der Waals surface area contributed by atoms with Gasteiger partial charge in [-0.3, -0.25) is 0 Å². The SMILES string of the molecule is Cc1cccc(OCC2=CS(=O)(=O)c3c(C)cccc32)c1. The lowest BCUT2D eigenvalue weighted by atomic mass is 10.1. The van der Waals surface area contributed by atoms with Crippen LogP contribution in [0.15, 0.2) is 52.8 Å². The van der Waals surface area contributed by atoms with Crippen LogP contribution in [-0.4, -0.2) is 15.0 Å². The smallest absolute Gasteiger partial charge is 0.201 e. The summed E-state index contributed by atoms with van der Waals surface area (Å²) >= 11 is 0. The summed E-state index contributed by atoms with van der Waals surface area (Å²) in [5, 5.41) is 1.32. The minimum absolute atomic E-state index is 0.249. The molecule has 1 aliphatic heterocycles. The molecule has 0 N–H and O–H groups in total. The van der Waals surface area contributed by atoms with E-state index in [0.29, 0.717) is 10.5 Å². The normalized spacial score (nSPS) is 15.4. The number of benzene rings is 2. The van der Waals surface area contributed by atoms with Crippen molar-refractivity contribution in [3.05, 3.63) is 64.6 Å². The quantitative estimate of drug-likeness (QED) is 0.871. The number of fused-ring (bicyclic) bond motifs is 1. The lowest BCUT2D eigenvalue weighted by Crippen LogP contribution is -2.00. The maximum atomic E-state index is 12.2. The maximum Gasteiger partial charge on any atom is 0.201 e. The first kappa shape index (κ1) is 13.9. The molecule has 3 nitrogen and oxygen atoms in total. The van der Waals surface area contributed by atoms with E-state index >= 15 is 0 Å². The Morgan fingerprint density at radius 1 is 1.05 bits per heavy atom. The summed E-state index contributed by atoms with van der Waals surface area (Å²) in [5.74, 6) is 0.745. The lowest BCUT2D eigenvalue weighted by Gasteiger charge is -2.09. The summed E-state index contributed by atoms with van der Waals surface area (Å²) < 4.78 is 30.2. The zero-order chi connectivity index (χ0) is 15.0. The first-order valence-electron chi connectivity index (χ1n) is 6.72. The summed E-state index contributed by atoms with van der Waals surface area (Å²) in [6.07, 6.45) is 0. The zero-order valence-corrected chi connectivity index (χ0v) is 12.8. The number of hydrogen-bond acceptors (Lipinski definition) is 3. The molecule has 2 aromatic rings. The predicted molar refractivity (Wildman–Crippen MR) is 83.0 cm³/mol. The van der Waals surface area contributed by atoms with E-state index in [2.05, 4.69) is 0 Å². The van der Waals surface area contributed by atoms with Crippen molar-refractivity contribution >= 4 is 15.4 Å². The Morgan fingerprint density at radius 2 is 1.81 bits per heavy atom. The molecule has 0 radical (unpaired) electrons. The lowest BCUT2D eigenvalue weighted by molar-refractivity contribution is 0.369. The molecule has 108 valence electrons. The Balaban J connectivity index is 1.90. The fourth-order valence-corrected chi connectivity index (χ4v) is 4.28. The van der Waals surface area contributed by atoms with Crippen molar-refractivity contribution in [1.29, 1.82) is 0 Å². The average molecular weight is 300 g/mol. The zero-order valence-electron chi connectivity index (χ0n) is 12.0. The van der Waals surface area contributed by atoms with Crippen LogP contribution < -0.4 is 4.74 Å². The van der Waals surface area contributed by atoms with Crippen molar-refractivity contribution in [2.75, 3.05) is 6.61 Å². The molecule has 0 saturated heterocycles. The van der Waals surface area contributed by atoms with Gasteiger partial charge in [-0.25, -0.2) is 8.42 Å². The second-order valence-corrected chi connectivity index (χ2v) is 6.98. The Kier molecular flexibility index (Phi) is 3.33. The molecule has 4 heteroatoms. The van der Waals surface area contributed by atoms with E-state index in [0.717, 1.165) is 22.4 Å². The Bertz CT molecular complexity index is 833. The van der Waals surface area contributed by atoms with Crippen LogP contribution >= 0.6 is 0 Å². The second-order valence-electron chi connectivity index (χ2n) is 5.24. The first-order chi connectivity index (χ1) is 9.97. The van der Waals surface area contributed by atoms with Gasteiger partial charge in [-0.1, -0.05) is 30.3 Å². The molecular formula is C17H16O3S. The highest BCUT2D eigenvalue weighted by atomic mass is 32.2. The van der Waals surface area contributed by atoms with Gasteiger partial charge in [0.25, 0.3) is 0 Å². The molecule has 2 aromatic carbocycles. The molecule has 0 spiro atoms. The molecule has 0 bridgehead atoms. The summed E-state index contributed by atoms with van der Waals surface area (Å²) in [6.45, 7) is 4.05. The highest BCUT2D eigenvalue weighted by Crippen LogP contribution is 2.35. The minimum atomic E-state index is -3.34. The summed E-state index contributed by atoms with van der Waals surface area (Å²) in [6, 6.07) is 13.2. The van der Waals surface area contributed by atoms with Crippen LogP contribution in [0, 0.1) is 13.8 Å². The third-order valence-electron chi connectivity index (χ3n) is 3.52. The van der Waals surface area contributed by atoms with Gasteiger partial charge in [0.15, 0.2) is 0 Å². The van der Waals surface area contributed by atoms with E-state index < -0.39 is 9.84 Å². The number of ether oxygens (including phenoxy) is 1. The van der Waals surface area contributed by atoms with E-state index in [-0.39, 0.29) is 6.61 Å². The molecule has 0 saturated carbocycles. The van der Waals surface area contributed by atoms with E-state index in [1.54, 1.807) is 0 Å². The van der Waals surface area contributed by atoms with Crippen LogP contribution in [0.2, 0.25) is 0 Å². The molecule has 0 unspecified atom stereocenters. The van der Waals surface area contributed by atoms with Gasteiger partial charge < -0.3 is 4.74 Å². The number of sulfone groups is 1. The number of rotatable bonds is 3. The summed E-state index contributed by atoms with van der Waals surface area (Å²) in [4.78, 5) is 0.410. The summed E-state index contributed by atoms with van der Waals surface area (Å²) in [7, 11) is -3.34. The Labute approximate surface area is 124 Å². The third-order valence-corrected chi connectivity index (χ3v) is 5.23. The number of hydrogen-bond donors (Lipinski definition) is 0. The molecule has 1 aliphatic rings. The topological polar surface area (TPSA) is 43.4 Å². The van der Waals surface area contributed by atoms with Crippen molar-refractivity contribution in [3.63, 3.8) is 0 Å². The van der Waals surface area contributed by atoms with Crippen molar-refractivity contribution in [1.82, 2.24) is 0 Å². The van der Waals surface area contributed by atoms with Crippen LogP contribution in [-0.2, 0) is 9.84 Å². The molecular weight excluding hydrogens is 284 g/mol. The van der Waals surface area contributed by atoms with Crippen LogP contribution in [0.1, 0.15) is 16.7 Å². The van der Waals surface area contributed by atoms with Crippen molar-refractivity contribution in [3.8, 4) is 5.75 Å². The number of aryl methyl sites for hydroxylation is 2. The van der Waals surface area contributed by atoms with Crippen molar-refractivity contribution in [2.45, 2.75) is 18.7 Å².